The van der Waals surface area contributed by atoms with E-state index in [1.807, 2.05) is 0 Å². The van der Waals surface area contributed by atoms with E-state index in [9.17, 15) is 39.6 Å². The van der Waals surface area contributed by atoms with Crippen LogP contribution in [0.5, 0.6) is 0 Å². The Morgan fingerprint density at radius 1 is 0.696 bits per heavy atom. The van der Waals surface area contributed by atoms with E-state index in [1.54, 1.807) is 0 Å². The van der Waals surface area contributed by atoms with Crippen molar-refractivity contribution in [1.29, 1.82) is 0 Å². The van der Waals surface area contributed by atoms with Gasteiger partial charge in [0, 0.05) is 37.9 Å². The van der Waals surface area contributed by atoms with Crippen molar-refractivity contribution in [3.8, 4) is 0 Å². The van der Waals surface area contributed by atoms with Crippen molar-refractivity contribution in [2.75, 3.05) is 13.1 Å². The normalized spacial score (nSPS) is 11.7. The summed E-state index contributed by atoms with van der Waals surface area (Å²) in [6.45, 7) is -0.272. The van der Waals surface area contributed by atoms with E-state index in [4.69, 9.17) is 0 Å². The molecule has 0 aliphatic carbocycles. The minimum Gasteiger partial charge on any atom is -0.550 e. The molecule has 10 nitrogen and oxygen atoms in total. The van der Waals surface area contributed by atoms with Crippen LogP contribution in [0.1, 0.15) is 12.8 Å². The zero-order valence-corrected chi connectivity index (χ0v) is 17.5. The fourth-order valence-corrected chi connectivity index (χ4v) is 1.30. The molecule has 0 saturated heterocycles. The summed E-state index contributed by atoms with van der Waals surface area (Å²) in [6, 6.07) is -2.99. The number of carbonyl (C=O) groups excluding carboxylic acids is 4. The maximum Gasteiger partial charge on any atom is 2.00 e. The standard InChI is InChI=1S/C10H16N2O8.Cu.2Na/c13-7(14)3-5(9(17)18)11-1-2-12-6(10(19)20)4-8(15)16;;;/h5-6,11-12H,1-4H2,(H,13,14)(H,15,16)(H,17,18)(H,19,20);;;/q;+2;2*+1/p-4. The molecule has 0 bridgehead atoms. The molecule has 2 atom stereocenters. The van der Waals surface area contributed by atoms with Crippen molar-refractivity contribution in [3.05, 3.63) is 0 Å². The molecular weight excluding hydrogens is 386 g/mol. The number of carbonyl (C=O) groups is 4. The minimum absolute atomic E-state index is 0. The van der Waals surface area contributed by atoms with Crippen LogP contribution in [-0.2, 0) is 36.2 Å². The van der Waals surface area contributed by atoms with Gasteiger partial charge in [-0.3, -0.25) is 0 Å². The zero-order chi connectivity index (χ0) is 15.7. The molecule has 0 aliphatic rings. The molecule has 0 heterocycles. The molecular formula is C10H12CuN2Na2O8. The van der Waals surface area contributed by atoms with Gasteiger partial charge in [0.2, 0.25) is 0 Å². The van der Waals surface area contributed by atoms with Gasteiger partial charge in [0.15, 0.2) is 0 Å². The second kappa shape index (κ2) is 17.2. The first-order valence-corrected chi connectivity index (χ1v) is 5.52. The Balaban J connectivity index is -0.000000602. The molecule has 13 heteroatoms. The van der Waals surface area contributed by atoms with Gasteiger partial charge >= 0.3 is 76.2 Å². The van der Waals surface area contributed by atoms with Crippen LogP contribution in [0.3, 0.4) is 0 Å². The molecule has 2 unspecified atom stereocenters. The Morgan fingerprint density at radius 2 is 0.957 bits per heavy atom. The fraction of sp³-hybridized carbons (Fsp3) is 0.600. The summed E-state index contributed by atoms with van der Waals surface area (Å²) in [5.41, 5.74) is 0. The van der Waals surface area contributed by atoms with Crippen molar-refractivity contribution < 1.29 is 116 Å². The third-order valence-electron chi connectivity index (χ3n) is 2.22. The third kappa shape index (κ3) is 16.9. The molecule has 2 N–H and O–H groups in total. The molecule has 0 amide bonds. The smallest absolute Gasteiger partial charge is 0.550 e. The number of hydrogen-bond donors (Lipinski definition) is 2. The second-order valence-electron chi connectivity index (χ2n) is 3.80. The summed E-state index contributed by atoms with van der Waals surface area (Å²) < 4.78 is 0. The maximum absolute atomic E-state index is 10.5. The van der Waals surface area contributed by atoms with E-state index in [2.05, 4.69) is 10.6 Å². The first-order chi connectivity index (χ1) is 9.23. The quantitative estimate of drug-likeness (QED) is 0.250. The number of aliphatic carboxylic acids is 4. The van der Waals surface area contributed by atoms with E-state index < -0.39 is 48.8 Å². The largest absolute Gasteiger partial charge is 2.00 e. The summed E-state index contributed by atoms with van der Waals surface area (Å²) in [7, 11) is 0. The third-order valence-corrected chi connectivity index (χ3v) is 2.22. The summed E-state index contributed by atoms with van der Waals surface area (Å²) in [6.07, 6.45) is -1.63. The van der Waals surface area contributed by atoms with Crippen LogP contribution in [-0.4, -0.2) is 49.1 Å². The second-order valence-corrected chi connectivity index (χ2v) is 3.80. The Morgan fingerprint density at radius 3 is 1.13 bits per heavy atom. The average molecular weight is 398 g/mol. The molecule has 0 spiro atoms. The van der Waals surface area contributed by atoms with Gasteiger partial charge in [-0.05, 0) is 0 Å². The molecule has 123 valence electrons. The molecule has 23 heavy (non-hydrogen) atoms. The summed E-state index contributed by atoms with van der Waals surface area (Å²) in [5, 5.41) is 46.1. The van der Waals surface area contributed by atoms with Crippen LogP contribution >= 0.6 is 0 Å². The van der Waals surface area contributed by atoms with E-state index in [0.717, 1.165) is 0 Å². The van der Waals surface area contributed by atoms with Crippen LogP contribution in [0.4, 0.5) is 0 Å². The van der Waals surface area contributed by atoms with E-state index in [1.165, 1.54) is 0 Å². The maximum atomic E-state index is 10.5. The van der Waals surface area contributed by atoms with E-state index in [-0.39, 0.29) is 89.3 Å². The van der Waals surface area contributed by atoms with Gasteiger partial charge in [0.1, 0.15) is 0 Å². The van der Waals surface area contributed by atoms with Crippen LogP contribution in [0.15, 0.2) is 0 Å². The number of rotatable bonds is 11. The molecule has 0 aromatic rings. The Kier molecular flexibility index (Phi) is 23.2. The molecule has 0 saturated carbocycles. The van der Waals surface area contributed by atoms with Crippen LogP contribution < -0.4 is 90.2 Å². The van der Waals surface area contributed by atoms with Gasteiger partial charge < -0.3 is 50.2 Å². The molecule has 0 aromatic heterocycles. The SMILES string of the molecule is O=C([O-])CC(NCCNC(CC(=O)[O-])C(=O)[O-])C(=O)[O-].[Cu+2].[Na+].[Na+]. The average Bonchev–Trinajstić information content (AvgIpc) is 2.29. The zero-order valence-electron chi connectivity index (χ0n) is 12.6. The number of nitrogens with one attached hydrogen (secondary N) is 2. The predicted octanol–water partition coefficient (Wildman–Crippen LogP) is -13.3. The predicted molar refractivity (Wildman–Crippen MR) is 52.8 cm³/mol. The van der Waals surface area contributed by atoms with Crippen LogP contribution in [0, 0.1) is 0 Å². The summed E-state index contributed by atoms with van der Waals surface area (Å²) in [4.78, 5) is 41.6. The number of carboxylic acid groups (broad SMARTS) is 4. The molecule has 0 aliphatic heterocycles. The Hall–Kier alpha value is 0.319. The van der Waals surface area contributed by atoms with Gasteiger partial charge in [-0.15, -0.1) is 0 Å². The van der Waals surface area contributed by atoms with E-state index in [0.29, 0.717) is 0 Å². The van der Waals surface area contributed by atoms with Crippen molar-refractivity contribution in [2.24, 2.45) is 0 Å². The first kappa shape index (κ1) is 31.1. The number of hydrogen-bond acceptors (Lipinski definition) is 10. The van der Waals surface area contributed by atoms with Crippen molar-refractivity contribution in [2.45, 2.75) is 24.9 Å². The molecule has 0 fully saturated rings. The van der Waals surface area contributed by atoms with Gasteiger partial charge in [0.05, 0.1) is 24.0 Å². The Bertz CT molecular complexity index is 363. The van der Waals surface area contributed by atoms with Crippen LogP contribution in [0.25, 0.3) is 0 Å². The first-order valence-electron chi connectivity index (χ1n) is 5.52. The Labute approximate surface area is 186 Å². The summed E-state index contributed by atoms with van der Waals surface area (Å²) >= 11 is 0. The monoisotopic (exact) mass is 397 g/mol. The van der Waals surface area contributed by atoms with Gasteiger partial charge in [-0.1, -0.05) is 0 Å². The minimum atomic E-state index is -1.65. The summed E-state index contributed by atoms with van der Waals surface area (Å²) in [5.74, 6) is -6.49. The number of carboxylic acids is 4. The van der Waals surface area contributed by atoms with Gasteiger partial charge in [-0.2, -0.15) is 0 Å². The topological polar surface area (TPSA) is 185 Å². The molecule has 0 rings (SSSR count). The van der Waals surface area contributed by atoms with Crippen LogP contribution in [0.2, 0.25) is 0 Å². The van der Waals surface area contributed by atoms with Crippen molar-refractivity contribution >= 4 is 23.9 Å². The van der Waals surface area contributed by atoms with Gasteiger partial charge in [0.25, 0.3) is 0 Å². The van der Waals surface area contributed by atoms with Crippen molar-refractivity contribution in [3.63, 3.8) is 0 Å². The fourth-order valence-electron chi connectivity index (χ4n) is 1.30. The van der Waals surface area contributed by atoms with Gasteiger partial charge in [-0.25, -0.2) is 0 Å². The molecule has 0 aromatic carbocycles. The van der Waals surface area contributed by atoms with E-state index >= 15 is 0 Å². The van der Waals surface area contributed by atoms with Crippen molar-refractivity contribution in [1.82, 2.24) is 10.6 Å². The molecule has 1 radical (unpaired) electrons.